The summed E-state index contributed by atoms with van der Waals surface area (Å²) in [6, 6.07) is 15.3. The normalized spacial score (nSPS) is 11.5. The van der Waals surface area contributed by atoms with Crippen molar-refractivity contribution < 1.29 is 22.2 Å². The topological polar surface area (TPSA) is 101 Å². The first-order chi connectivity index (χ1) is 13.0. The van der Waals surface area contributed by atoms with Gasteiger partial charge in [0, 0.05) is 17.9 Å². The van der Waals surface area contributed by atoms with Crippen molar-refractivity contribution in [2.24, 2.45) is 5.90 Å². The molecule has 3 rings (SSSR count). The fourth-order valence-electron chi connectivity index (χ4n) is 2.53. The molecule has 2 aromatic carbocycles. The van der Waals surface area contributed by atoms with Crippen LogP contribution in [0.25, 0.3) is 10.9 Å². The summed E-state index contributed by atoms with van der Waals surface area (Å²) >= 11 is 0. The van der Waals surface area contributed by atoms with E-state index in [2.05, 4.69) is 9.82 Å². The molecular formula is C19H20N2O5S. The highest BCUT2D eigenvalue weighted by atomic mass is 32.2. The molecule has 27 heavy (non-hydrogen) atoms. The van der Waals surface area contributed by atoms with Crippen LogP contribution in [0.3, 0.4) is 0 Å². The Bertz CT molecular complexity index is 1040. The molecule has 0 saturated heterocycles. The average Bonchev–Trinajstić information content (AvgIpc) is 2.64. The Morgan fingerprint density at radius 3 is 2.59 bits per heavy atom. The van der Waals surface area contributed by atoms with Crippen LogP contribution in [0.15, 0.2) is 59.6 Å². The second-order valence-electron chi connectivity index (χ2n) is 5.93. The summed E-state index contributed by atoms with van der Waals surface area (Å²) < 4.78 is 36.1. The van der Waals surface area contributed by atoms with Crippen LogP contribution >= 0.6 is 0 Å². The third-order valence-electron chi connectivity index (χ3n) is 3.73. The number of hydrogen-bond donors (Lipinski definition) is 1. The van der Waals surface area contributed by atoms with Gasteiger partial charge in [0.1, 0.15) is 11.5 Å². The Kier molecular flexibility index (Phi) is 5.90. The van der Waals surface area contributed by atoms with Crippen LogP contribution in [0.2, 0.25) is 0 Å². The minimum atomic E-state index is -4.07. The van der Waals surface area contributed by atoms with Crippen molar-refractivity contribution in [2.45, 2.75) is 18.4 Å². The number of nitrogens with zero attached hydrogens (tertiary/aromatic N) is 1. The number of aromatic nitrogens is 1. The van der Waals surface area contributed by atoms with Gasteiger partial charge in [-0.15, -0.1) is 0 Å². The number of ether oxygens (including phenoxy) is 1. The van der Waals surface area contributed by atoms with E-state index in [0.29, 0.717) is 30.9 Å². The minimum Gasteiger partial charge on any atom is -0.493 e. The van der Waals surface area contributed by atoms with Gasteiger partial charge in [-0.3, -0.25) is 0 Å². The predicted octanol–water partition coefficient (Wildman–Crippen LogP) is 2.97. The van der Waals surface area contributed by atoms with E-state index in [0.717, 1.165) is 10.9 Å². The van der Waals surface area contributed by atoms with Crippen molar-refractivity contribution in [1.82, 2.24) is 4.98 Å². The standard InChI is InChI=1S/C19H20N2O5S/c1-14-11-16(24-9-4-10-25-20)13-17(12-14)26-27(22,23)19-8-7-15-5-2-3-6-18(15)21-19/h2-3,5-8,11-13H,4,9-10,20H2,1H3. The van der Waals surface area contributed by atoms with E-state index in [1.807, 2.05) is 19.1 Å². The molecular weight excluding hydrogens is 368 g/mol. The Balaban J connectivity index is 1.80. The summed E-state index contributed by atoms with van der Waals surface area (Å²) in [5.74, 6) is 5.63. The third kappa shape index (κ3) is 4.94. The summed E-state index contributed by atoms with van der Waals surface area (Å²) in [7, 11) is -4.07. The highest BCUT2D eigenvalue weighted by Crippen LogP contribution is 2.26. The Morgan fingerprint density at radius 1 is 1.00 bits per heavy atom. The highest BCUT2D eigenvalue weighted by Gasteiger charge is 2.19. The Hall–Kier alpha value is -2.68. The summed E-state index contributed by atoms with van der Waals surface area (Å²) in [4.78, 5) is 8.67. The molecule has 0 spiro atoms. The zero-order valence-electron chi connectivity index (χ0n) is 14.8. The number of nitrogens with two attached hydrogens (primary N) is 1. The summed E-state index contributed by atoms with van der Waals surface area (Å²) in [5.41, 5.74) is 1.39. The average molecular weight is 388 g/mol. The van der Waals surface area contributed by atoms with Crippen LogP contribution in [0.4, 0.5) is 0 Å². The molecule has 0 unspecified atom stereocenters. The van der Waals surface area contributed by atoms with Gasteiger partial charge in [-0.1, -0.05) is 18.2 Å². The zero-order valence-corrected chi connectivity index (χ0v) is 15.6. The van der Waals surface area contributed by atoms with E-state index in [9.17, 15) is 8.42 Å². The molecule has 8 heteroatoms. The largest absolute Gasteiger partial charge is 0.493 e. The Morgan fingerprint density at radius 2 is 1.78 bits per heavy atom. The first kappa shape index (κ1) is 19.1. The molecule has 0 atom stereocenters. The molecule has 0 aliphatic rings. The molecule has 0 saturated carbocycles. The highest BCUT2D eigenvalue weighted by molar-refractivity contribution is 7.87. The van der Waals surface area contributed by atoms with Gasteiger partial charge >= 0.3 is 10.1 Å². The lowest BCUT2D eigenvalue weighted by atomic mass is 10.2. The number of hydrogen-bond acceptors (Lipinski definition) is 7. The summed E-state index contributed by atoms with van der Waals surface area (Å²) in [6.45, 7) is 2.58. The monoisotopic (exact) mass is 388 g/mol. The number of rotatable bonds is 8. The van der Waals surface area contributed by atoms with Gasteiger partial charge in [0.25, 0.3) is 0 Å². The number of para-hydroxylation sites is 1. The van der Waals surface area contributed by atoms with Crippen molar-refractivity contribution in [3.63, 3.8) is 0 Å². The lowest BCUT2D eigenvalue weighted by Crippen LogP contribution is -2.12. The maximum Gasteiger partial charge on any atom is 0.356 e. The Labute approximate surface area is 157 Å². The van der Waals surface area contributed by atoms with Gasteiger partial charge in [-0.25, -0.2) is 10.9 Å². The molecule has 0 aliphatic heterocycles. The van der Waals surface area contributed by atoms with Crippen molar-refractivity contribution in [1.29, 1.82) is 0 Å². The second-order valence-corrected chi connectivity index (χ2v) is 7.43. The van der Waals surface area contributed by atoms with E-state index in [4.69, 9.17) is 14.8 Å². The van der Waals surface area contributed by atoms with Crippen molar-refractivity contribution in [3.05, 3.63) is 60.2 Å². The lowest BCUT2D eigenvalue weighted by molar-refractivity contribution is 0.122. The van der Waals surface area contributed by atoms with E-state index in [1.165, 1.54) is 12.1 Å². The van der Waals surface area contributed by atoms with Crippen LogP contribution in [0, 0.1) is 6.92 Å². The van der Waals surface area contributed by atoms with Crippen LogP contribution in [-0.4, -0.2) is 26.6 Å². The molecule has 1 heterocycles. The zero-order chi connectivity index (χ0) is 19.3. The molecule has 7 nitrogen and oxygen atoms in total. The van der Waals surface area contributed by atoms with E-state index in [1.54, 1.807) is 30.3 Å². The maximum absolute atomic E-state index is 12.6. The SMILES string of the molecule is Cc1cc(OCCCON)cc(OS(=O)(=O)c2ccc3ccccc3n2)c1. The van der Waals surface area contributed by atoms with Crippen LogP contribution in [0.5, 0.6) is 11.5 Å². The smallest absolute Gasteiger partial charge is 0.356 e. The van der Waals surface area contributed by atoms with Crippen LogP contribution < -0.4 is 14.8 Å². The molecule has 142 valence electrons. The van der Waals surface area contributed by atoms with Gasteiger partial charge in [-0.05, 0) is 42.8 Å². The first-order valence-electron chi connectivity index (χ1n) is 8.34. The predicted molar refractivity (Wildman–Crippen MR) is 101 cm³/mol. The number of fused-ring (bicyclic) bond motifs is 1. The molecule has 0 amide bonds. The molecule has 0 radical (unpaired) electrons. The van der Waals surface area contributed by atoms with Gasteiger partial charge in [-0.2, -0.15) is 8.42 Å². The molecule has 0 bridgehead atoms. The molecule has 3 aromatic rings. The molecule has 0 aliphatic carbocycles. The number of pyridine rings is 1. The summed E-state index contributed by atoms with van der Waals surface area (Å²) in [5, 5.41) is 0.703. The lowest BCUT2D eigenvalue weighted by Gasteiger charge is -2.11. The first-order valence-corrected chi connectivity index (χ1v) is 9.75. The van der Waals surface area contributed by atoms with Crippen LogP contribution in [0.1, 0.15) is 12.0 Å². The van der Waals surface area contributed by atoms with Gasteiger partial charge in [0.2, 0.25) is 0 Å². The third-order valence-corrected chi connectivity index (χ3v) is 4.89. The number of aryl methyl sites for hydroxylation is 1. The minimum absolute atomic E-state index is 0.148. The quantitative estimate of drug-likeness (QED) is 0.360. The molecule has 0 fully saturated rings. The van der Waals surface area contributed by atoms with Crippen molar-refractivity contribution >= 4 is 21.0 Å². The maximum atomic E-state index is 12.6. The molecule has 1 aromatic heterocycles. The fourth-order valence-corrected chi connectivity index (χ4v) is 3.41. The van der Waals surface area contributed by atoms with Gasteiger partial charge < -0.3 is 13.8 Å². The van der Waals surface area contributed by atoms with Crippen molar-refractivity contribution in [3.8, 4) is 11.5 Å². The second kappa shape index (κ2) is 8.34. The summed E-state index contributed by atoms with van der Waals surface area (Å²) in [6.07, 6.45) is 0.611. The van der Waals surface area contributed by atoms with E-state index >= 15 is 0 Å². The van der Waals surface area contributed by atoms with Crippen molar-refractivity contribution in [2.75, 3.05) is 13.2 Å². The number of benzene rings is 2. The fraction of sp³-hybridized carbons (Fsp3) is 0.211. The van der Waals surface area contributed by atoms with Gasteiger partial charge in [0.15, 0.2) is 5.03 Å². The van der Waals surface area contributed by atoms with Crippen LogP contribution in [-0.2, 0) is 15.0 Å². The van der Waals surface area contributed by atoms with E-state index in [-0.39, 0.29) is 10.8 Å². The van der Waals surface area contributed by atoms with Gasteiger partial charge in [0.05, 0.1) is 18.7 Å². The van der Waals surface area contributed by atoms with E-state index < -0.39 is 10.1 Å². The molecule has 2 N–H and O–H groups in total.